The van der Waals surface area contributed by atoms with E-state index in [-0.39, 0.29) is 12.5 Å². The van der Waals surface area contributed by atoms with Crippen LogP contribution < -0.4 is 10.1 Å². The number of para-hydroxylation sites is 2. The number of carbonyl (C=O) groups excluding carboxylic acids is 1. The van der Waals surface area contributed by atoms with Crippen LogP contribution in [0.1, 0.15) is 42.9 Å². The van der Waals surface area contributed by atoms with Gasteiger partial charge in [-0.25, -0.2) is 0 Å². The zero-order valence-corrected chi connectivity index (χ0v) is 14.3. The molecule has 0 aromatic heterocycles. The summed E-state index contributed by atoms with van der Waals surface area (Å²) in [6, 6.07) is 13.9. The Labute approximate surface area is 138 Å². The van der Waals surface area contributed by atoms with Gasteiger partial charge in [-0.05, 0) is 48.9 Å². The maximum atomic E-state index is 12.2. The fraction of sp³-hybridized carbons (Fsp3) is 0.350. The minimum absolute atomic E-state index is 0.0144. The third kappa shape index (κ3) is 4.35. The molecule has 0 fully saturated rings. The lowest BCUT2D eigenvalue weighted by Crippen LogP contribution is -2.21. The highest BCUT2D eigenvalue weighted by Crippen LogP contribution is 2.26. The van der Waals surface area contributed by atoms with Crippen molar-refractivity contribution in [2.75, 3.05) is 11.9 Å². The molecule has 122 valence electrons. The van der Waals surface area contributed by atoms with Crippen molar-refractivity contribution in [1.82, 2.24) is 0 Å². The van der Waals surface area contributed by atoms with Gasteiger partial charge in [0.05, 0.1) is 0 Å². The highest BCUT2D eigenvalue weighted by Gasteiger charge is 2.12. The van der Waals surface area contributed by atoms with Crippen LogP contribution in [-0.2, 0) is 4.79 Å². The van der Waals surface area contributed by atoms with Crippen LogP contribution in [0.15, 0.2) is 42.5 Å². The molecule has 2 aromatic rings. The van der Waals surface area contributed by atoms with Gasteiger partial charge in [0.25, 0.3) is 5.91 Å². The second-order valence-electron chi connectivity index (χ2n) is 5.95. The molecule has 0 saturated heterocycles. The SMILES string of the molecule is CC[C@H](C)c1ccccc1NC(=O)COc1c(C)cccc1C. The first-order valence-electron chi connectivity index (χ1n) is 8.10. The van der Waals surface area contributed by atoms with E-state index in [1.54, 1.807) is 0 Å². The standard InChI is InChI=1S/C20H25NO2/c1-5-14(2)17-11-6-7-12-18(17)21-19(22)13-23-20-15(3)9-8-10-16(20)4/h6-12,14H,5,13H2,1-4H3,(H,21,22)/t14-/m0/s1. The number of carbonyl (C=O) groups is 1. The number of hydrogen-bond donors (Lipinski definition) is 1. The largest absolute Gasteiger partial charge is 0.483 e. The fourth-order valence-electron chi connectivity index (χ4n) is 2.61. The maximum absolute atomic E-state index is 12.2. The molecular formula is C20H25NO2. The molecule has 0 bridgehead atoms. The lowest BCUT2D eigenvalue weighted by molar-refractivity contribution is -0.118. The van der Waals surface area contributed by atoms with Gasteiger partial charge in [-0.1, -0.05) is 50.2 Å². The van der Waals surface area contributed by atoms with E-state index in [0.717, 1.165) is 34.5 Å². The summed E-state index contributed by atoms with van der Waals surface area (Å²) in [6.45, 7) is 8.29. The van der Waals surface area contributed by atoms with Crippen molar-refractivity contribution in [3.8, 4) is 5.75 Å². The number of benzene rings is 2. The summed E-state index contributed by atoms with van der Waals surface area (Å²) >= 11 is 0. The molecule has 0 aliphatic rings. The van der Waals surface area contributed by atoms with Gasteiger partial charge in [0, 0.05) is 5.69 Å². The Morgan fingerprint density at radius 2 is 1.74 bits per heavy atom. The van der Waals surface area contributed by atoms with Gasteiger partial charge in [0.15, 0.2) is 6.61 Å². The van der Waals surface area contributed by atoms with E-state index < -0.39 is 0 Å². The van der Waals surface area contributed by atoms with Gasteiger partial charge >= 0.3 is 0 Å². The highest BCUT2D eigenvalue weighted by atomic mass is 16.5. The number of aryl methyl sites for hydroxylation is 2. The van der Waals surface area contributed by atoms with E-state index in [1.165, 1.54) is 0 Å². The summed E-state index contributed by atoms with van der Waals surface area (Å²) in [6.07, 6.45) is 1.03. The van der Waals surface area contributed by atoms with Crippen LogP contribution in [0.25, 0.3) is 0 Å². The van der Waals surface area contributed by atoms with Crippen molar-refractivity contribution in [2.45, 2.75) is 40.0 Å². The normalized spacial score (nSPS) is 11.8. The average molecular weight is 311 g/mol. The van der Waals surface area contributed by atoms with Crippen molar-refractivity contribution in [1.29, 1.82) is 0 Å². The first kappa shape index (κ1) is 17.1. The van der Waals surface area contributed by atoms with Crippen molar-refractivity contribution < 1.29 is 9.53 Å². The highest BCUT2D eigenvalue weighted by molar-refractivity contribution is 5.92. The number of rotatable bonds is 6. The number of nitrogens with one attached hydrogen (secondary N) is 1. The zero-order chi connectivity index (χ0) is 16.8. The molecule has 0 radical (unpaired) electrons. The topological polar surface area (TPSA) is 38.3 Å². The van der Waals surface area contributed by atoms with Crippen LogP contribution in [0.5, 0.6) is 5.75 Å². The predicted octanol–water partition coefficient (Wildman–Crippen LogP) is 4.83. The fourth-order valence-corrected chi connectivity index (χ4v) is 2.61. The molecule has 0 aliphatic heterocycles. The van der Waals surface area contributed by atoms with E-state index in [2.05, 4.69) is 25.2 Å². The molecule has 3 nitrogen and oxygen atoms in total. The maximum Gasteiger partial charge on any atom is 0.262 e. The third-order valence-corrected chi connectivity index (χ3v) is 4.13. The number of anilines is 1. The molecule has 1 amide bonds. The third-order valence-electron chi connectivity index (χ3n) is 4.13. The second kappa shape index (κ2) is 7.82. The quantitative estimate of drug-likeness (QED) is 0.829. The molecule has 0 heterocycles. The Kier molecular flexibility index (Phi) is 5.80. The molecule has 2 rings (SSSR count). The van der Waals surface area contributed by atoms with E-state index >= 15 is 0 Å². The molecule has 0 spiro atoms. The number of amides is 1. The Morgan fingerprint density at radius 1 is 1.09 bits per heavy atom. The second-order valence-corrected chi connectivity index (χ2v) is 5.95. The van der Waals surface area contributed by atoms with Crippen LogP contribution in [0.4, 0.5) is 5.69 Å². The van der Waals surface area contributed by atoms with Gasteiger partial charge in [-0.15, -0.1) is 0 Å². The van der Waals surface area contributed by atoms with Crippen molar-refractivity contribution in [2.24, 2.45) is 0 Å². The average Bonchev–Trinajstić information content (AvgIpc) is 2.54. The van der Waals surface area contributed by atoms with E-state index in [0.29, 0.717) is 5.92 Å². The van der Waals surface area contributed by atoms with E-state index in [1.807, 2.05) is 50.2 Å². The number of ether oxygens (including phenoxy) is 1. The van der Waals surface area contributed by atoms with Crippen molar-refractivity contribution in [3.05, 3.63) is 59.2 Å². The monoisotopic (exact) mass is 311 g/mol. The summed E-state index contributed by atoms with van der Waals surface area (Å²) in [4.78, 5) is 12.2. The van der Waals surface area contributed by atoms with Crippen molar-refractivity contribution >= 4 is 11.6 Å². The van der Waals surface area contributed by atoms with Crippen LogP contribution in [-0.4, -0.2) is 12.5 Å². The van der Waals surface area contributed by atoms with Crippen LogP contribution in [0, 0.1) is 13.8 Å². The molecule has 3 heteroatoms. The number of hydrogen-bond acceptors (Lipinski definition) is 2. The van der Waals surface area contributed by atoms with Crippen molar-refractivity contribution in [3.63, 3.8) is 0 Å². The molecule has 23 heavy (non-hydrogen) atoms. The van der Waals surface area contributed by atoms with Gasteiger partial charge in [0.2, 0.25) is 0 Å². The minimum atomic E-state index is -0.136. The molecule has 0 aliphatic carbocycles. The van der Waals surface area contributed by atoms with E-state index in [4.69, 9.17) is 4.74 Å². The summed E-state index contributed by atoms with van der Waals surface area (Å²) < 4.78 is 5.72. The van der Waals surface area contributed by atoms with Gasteiger partial charge < -0.3 is 10.1 Å². The van der Waals surface area contributed by atoms with Gasteiger partial charge in [-0.3, -0.25) is 4.79 Å². The van der Waals surface area contributed by atoms with E-state index in [9.17, 15) is 4.79 Å². The zero-order valence-electron chi connectivity index (χ0n) is 14.3. The smallest absolute Gasteiger partial charge is 0.262 e. The molecule has 1 N–H and O–H groups in total. The summed E-state index contributed by atoms with van der Waals surface area (Å²) in [5.74, 6) is 1.06. The molecule has 0 saturated carbocycles. The molecule has 0 unspecified atom stereocenters. The Balaban J connectivity index is 2.03. The van der Waals surface area contributed by atoms with Gasteiger partial charge in [-0.2, -0.15) is 0 Å². The first-order chi connectivity index (χ1) is 11.0. The first-order valence-corrected chi connectivity index (χ1v) is 8.10. The summed E-state index contributed by atoms with van der Waals surface area (Å²) in [5, 5.41) is 2.97. The summed E-state index contributed by atoms with van der Waals surface area (Å²) in [7, 11) is 0. The predicted molar refractivity (Wildman–Crippen MR) is 95.2 cm³/mol. The lowest BCUT2D eigenvalue weighted by atomic mass is 9.97. The Morgan fingerprint density at radius 3 is 2.39 bits per heavy atom. The lowest BCUT2D eigenvalue weighted by Gasteiger charge is -2.16. The minimum Gasteiger partial charge on any atom is -0.483 e. The summed E-state index contributed by atoms with van der Waals surface area (Å²) in [5.41, 5.74) is 4.11. The van der Waals surface area contributed by atoms with Crippen LogP contribution >= 0.6 is 0 Å². The molecule has 2 aromatic carbocycles. The molecular weight excluding hydrogens is 286 g/mol. The van der Waals surface area contributed by atoms with Crippen LogP contribution in [0.2, 0.25) is 0 Å². The Bertz CT molecular complexity index is 659. The van der Waals surface area contributed by atoms with Crippen LogP contribution in [0.3, 0.4) is 0 Å². The Hall–Kier alpha value is -2.29. The molecule has 1 atom stereocenters. The van der Waals surface area contributed by atoms with Gasteiger partial charge in [0.1, 0.15) is 5.75 Å².